The first kappa shape index (κ1) is 15.6. The maximum Gasteiger partial charge on any atom is 0.152 e. The largest absolute Gasteiger partial charge is 0.298 e. The molecule has 0 saturated carbocycles. The highest BCUT2D eigenvalue weighted by Crippen LogP contribution is 2.22. The van der Waals surface area contributed by atoms with E-state index in [9.17, 15) is 4.79 Å². The molecular formula is C14H29NO. The van der Waals surface area contributed by atoms with E-state index in [1.165, 1.54) is 0 Å². The van der Waals surface area contributed by atoms with Gasteiger partial charge in [-0.3, -0.25) is 9.69 Å². The molecule has 0 saturated heterocycles. The third kappa shape index (κ3) is 4.65. The quantitative estimate of drug-likeness (QED) is 0.732. The number of hydrogen-bond donors (Lipinski definition) is 0. The van der Waals surface area contributed by atoms with Gasteiger partial charge in [0.2, 0.25) is 0 Å². The summed E-state index contributed by atoms with van der Waals surface area (Å²) >= 11 is 0. The first-order chi connectivity index (χ1) is 7.00. The summed E-state index contributed by atoms with van der Waals surface area (Å²) < 4.78 is 0. The molecule has 0 bridgehead atoms. The zero-order chi connectivity index (χ0) is 13.1. The molecule has 0 spiro atoms. The van der Waals surface area contributed by atoms with Crippen LogP contribution >= 0.6 is 0 Å². The van der Waals surface area contributed by atoms with Crippen molar-refractivity contribution < 1.29 is 4.79 Å². The fourth-order valence-corrected chi connectivity index (χ4v) is 1.67. The van der Waals surface area contributed by atoms with Gasteiger partial charge in [-0.2, -0.15) is 0 Å². The fourth-order valence-electron chi connectivity index (χ4n) is 1.67. The van der Waals surface area contributed by atoms with Crippen LogP contribution in [-0.2, 0) is 4.79 Å². The molecule has 1 unspecified atom stereocenters. The van der Waals surface area contributed by atoms with Gasteiger partial charge in [-0.25, -0.2) is 0 Å². The second-order valence-electron chi connectivity index (χ2n) is 6.73. The summed E-state index contributed by atoms with van der Waals surface area (Å²) in [6.45, 7) is 17.4. The molecular weight excluding hydrogens is 198 g/mol. The van der Waals surface area contributed by atoms with Crippen LogP contribution in [0.5, 0.6) is 0 Å². The molecule has 0 fully saturated rings. The summed E-state index contributed by atoms with van der Waals surface area (Å²) in [6.07, 6.45) is 1.08. The molecule has 0 amide bonds. The maximum absolute atomic E-state index is 12.1. The van der Waals surface area contributed by atoms with Crippen molar-refractivity contribution >= 4 is 5.78 Å². The Balaban J connectivity index is 4.77. The number of rotatable bonds is 4. The standard InChI is InChI=1S/C14H29NO/c1-9-11(2)15(14(6,7)8)10-12(16)13(3,4)5/h11H,9-10H2,1-8H3. The van der Waals surface area contributed by atoms with E-state index < -0.39 is 0 Å². The van der Waals surface area contributed by atoms with Gasteiger partial charge in [-0.05, 0) is 34.1 Å². The van der Waals surface area contributed by atoms with Crippen molar-refractivity contribution in [3.63, 3.8) is 0 Å². The lowest BCUT2D eigenvalue weighted by Crippen LogP contribution is -2.50. The van der Waals surface area contributed by atoms with Crippen LogP contribution in [0.2, 0.25) is 0 Å². The lowest BCUT2D eigenvalue weighted by atomic mass is 9.89. The van der Waals surface area contributed by atoms with Crippen molar-refractivity contribution in [1.29, 1.82) is 0 Å². The Morgan fingerprint density at radius 2 is 1.56 bits per heavy atom. The van der Waals surface area contributed by atoms with E-state index in [0.29, 0.717) is 18.4 Å². The number of hydrogen-bond acceptors (Lipinski definition) is 2. The molecule has 16 heavy (non-hydrogen) atoms. The predicted molar refractivity (Wildman–Crippen MR) is 70.7 cm³/mol. The second kappa shape index (κ2) is 5.31. The molecule has 0 radical (unpaired) electrons. The molecule has 0 aromatic rings. The van der Waals surface area contributed by atoms with Gasteiger partial charge in [0.05, 0.1) is 6.54 Å². The number of carbonyl (C=O) groups excluding carboxylic acids is 1. The van der Waals surface area contributed by atoms with E-state index in [0.717, 1.165) is 6.42 Å². The molecule has 0 N–H and O–H groups in total. The Hall–Kier alpha value is -0.370. The van der Waals surface area contributed by atoms with Crippen LogP contribution < -0.4 is 0 Å². The summed E-state index contributed by atoms with van der Waals surface area (Å²) in [5.41, 5.74) is -0.187. The molecule has 2 nitrogen and oxygen atoms in total. The minimum absolute atomic E-state index is 0.0519. The number of Topliss-reactive ketones (excluding diaryl/α,β-unsaturated/α-hetero) is 1. The number of nitrogens with zero attached hydrogens (tertiary/aromatic N) is 1. The molecule has 1 atom stereocenters. The molecule has 0 rings (SSSR count). The maximum atomic E-state index is 12.1. The van der Waals surface area contributed by atoms with E-state index in [-0.39, 0.29) is 11.0 Å². The molecule has 0 aliphatic rings. The van der Waals surface area contributed by atoms with E-state index in [1.807, 2.05) is 20.8 Å². The lowest BCUT2D eigenvalue weighted by molar-refractivity contribution is -0.129. The third-order valence-electron chi connectivity index (χ3n) is 3.13. The van der Waals surface area contributed by atoms with Gasteiger partial charge in [0.1, 0.15) is 0 Å². The minimum Gasteiger partial charge on any atom is -0.298 e. The highest BCUT2D eigenvalue weighted by Gasteiger charge is 2.31. The molecule has 0 aromatic carbocycles. The van der Waals surface area contributed by atoms with Gasteiger partial charge < -0.3 is 0 Å². The Morgan fingerprint density at radius 3 is 1.81 bits per heavy atom. The minimum atomic E-state index is -0.239. The zero-order valence-electron chi connectivity index (χ0n) is 12.3. The summed E-state index contributed by atoms with van der Waals surface area (Å²) in [5.74, 6) is 0.322. The van der Waals surface area contributed by atoms with Crippen LogP contribution in [0.3, 0.4) is 0 Å². The van der Waals surface area contributed by atoms with E-state index in [2.05, 4.69) is 39.5 Å². The molecule has 0 heterocycles. The monoisotopic (exact) mass is 227 g/mol. The number of carbonyl (C=O) groups is 1. The topological polar surface area (TPSA) is 20.3 Å². The van der Waals surface area contributed by atoms with Crippen molar-refractivity contribution in [2.75, 3.05) is 6.54 Å². The smallest absolute Gasteiger partial charge is 0.152 e. The molecule has 0 aliphatic heterocycles. The summed E-state index contributed by atoms with van der Waals surface area (Å²) in [5, 5.41) is 0. The van der Waals surface area contributed by atoms with E-state index in [1.54, 1.807) is 0 Å². The molecule has 0 aliphatic carbocycles. The normalized spacial score (nSPS) is 15.3. The Kier molecular flexibility index (Phi) is 5.18. The van der Waals surface area contributed by atoms with Crippen molar-refractivity contribution in [2.45, 2.75) is 73.4 Å². The fraction of sp³-hybridized carbons (Fsp3) is 0.929. The van der Waals surface area contributed by atoms with E-state index in [4.69, 9.17) is 0 Å². The summed E-state index contributed by atoms with van der Waals surface area (Å²) in [6, 6.07) is 0.450. The van der Waals surface area contributed by atoms with Gasteiger partial charge >= 0.3 is 0 Å². The SMILES string of the molecule is CCC(C)N(CC(=O)C(C)(C)C)C(C)(C)C. The second-order valence-corrected chi connectivity index (χ2v) is 6.73. The average molecular weight is 227 g/mol. The van der Waals surface area contributed by atoms with Crippen LogP contribution in [0, 0.1) is 5.41 Å². The van der Waals surface area contributed by atoms with Crippen LogP contribution in [0.1, 0.15) is 61.8 Å². The lowest BCUT2D eigenvalue weighted by Gasteiger charge is -2.40. The van der Waals surface area contributed by atoms with Crippen molar-refractivity contribution in [3.8, 4) is 0 Å². The van der Waals surface area contributed by atoms with Crippen LogP contribution in [0.15, 0.2) is 0 Å². The molecule has 0 aromatic heterocycles. The Bertz CT molecular complexity index is 232. The van der Waals surface area contributed by atoms with Crippen molar-refractivity contribution in [2.24, 2.45) is 5.41 Å². The first-order valence-corrected chi connectivity index (χ1v) is 6.30. The van der Waals surface area contributed by atoms with E-state index >= 15 is 0 Å². The van der Waals surface area contributed by atoms with Gasteiger partial charge in [-0.15, -0.1) is 0 Å². The van der Waals surface area contributed by atoms with Crippen LogP contribution in [-0.4, -0.2) is 28.8 Å². The predicted octanol–water partition coefficient (Wildman–Crippen LogP) is 3.50. The Morgan fingerprint density at radius 1 is 1.12 bits per heavy atom. The van der Waals surface area contributed by atoms with Gasteiger partial charge in [0.15, 0.2) is 5.78 Å². The average Bonchev–Trinajstić information content (AvgIpc) is 2.09. The Labute approximate surface area is 101 Å². The van der Waals surface area contributed by atoms with Crippen molar-refractivity contribution in [1.82, 2.24) is 4.90 Å². The highest BCUT2D eigenvalue weighted by atomic mass is 16.1. The van der Waals surface area contributed by atoms with Gasteiger partial charge in [-0.1, -0.05) is 27.7 Å². The van der Waals surface area contributed by atoms with Crippen molar-refractivity contribution in [3.05, 3.63) is 0 Å². The zero-order valence-corrected chi connectivity index (χ0v) is 12.3. The number of ketones is 1. The highest BCUT2D eigenvalue weighted by molar-refractivity contribution is 5.85. The summed E-state index contributed by atoms with van der Waals surface area (Å²) in [4.78, 5) is 14.4. The van der Waals surface area contributed by atoms with Crippen LogP contribution in [0.25, 0.3) is 0 Å². The first-order valence-electron chi connectivity index (χ1n) is 6.30. The van der Waals surface area contributed by atoms with Gasteiger partial charge in [0, 0.05) is 17.0 Å². The van der Waals surface area contributed by atoms with Gasteiger partial charge in [0.25, 0.3) is 0 Å². The summed E-state index contributed by atoms with van der Waals surface area (Å²) in [7, 11) is 0. The third-order valence-corrected chi connectivity index (χ3v) is 3.13. The van der Waals surface area contributed by atoms with Crippen LogP contribution in [0.4, 0.5) is 0 Å². The molecule has 2 heteroatoms. The molecule has 96 valence electrons.